The van der Waals surface area contributed by atoms with E-state index in [1.165, 1.54) is 28.0 Å². The van der Waals surface area contributed by atoms with E-state index in [0.29, 0.717) is 26.7 Å². The first kappa shape index (κ1) is 16.5. The van der Waals surface area contributed by atoms with Crippen molar-refractivity contribution in [1.82, 2.24) is 9.88 Å². The molecule has 124 valence electrons. The van der Waals surface area contributed by atoms with Gasteiger partial charge in [0.15, 0.2) is 16.7 Å². The standard InChI is InChI=1S/C16H15N3O3S2/c1-19-14(20)13(24-16(19)18-15-17-6-7-23-15)9-10-4-5-11(21-2)12(8-10)22-3/h4-9H,1-3H3/b13-9-,18-16+. The van der Waals surface area contributed by atoms with Crippen molar-refractivity contribution in [2.24, 2.45) is 4.99 Å². The van der Waals surface area contributed by atoms with E-state index in [0.717, 1.165) is 5.56 Å². The molecule has 1 aromatic heterocycles. The summed E-state index contributed by atoms with van der Waals surface area (Å²) in [6.07, 6.45) is 3.50. The first-order chi connectivity index (χ1) is 11.6. The molecule has 1 amide bonds. The first-order valence-corrected chi connectivity index (χ1v) is 8.70. The zero-order valence-corrected chi connectivity index (χ0v) is 15.0. The lowest BCUT2D eigenvalue weighted by Gasteiger charge is -2.08. The Morgan fingerprint density at radius 3 is 2.71 bits per heavy atom. The van der Waals surface area contributed by atoms with Gasteiger partial charge in [0, 0.05) is 18.6 Å². The Hall–Kier alpha value is -2.32. The van der Waals surface area contributed by atoms with Crippen LogP contribution < -0.4 is 9.47 Å². The van der Waals surface area contributed by atoms with Gasteiger partial charge in [-0.3, -0.25) is 9.69 Å². The minimum atomic E-state index is -0.0925. The third-order valence-corrected chi connectivity index (χ3v) is 5.04. The van der Waals surface area contributed by atoms with E-state index >= 15 is 0 Å². The number of benzene rings is 1. The molecule has 2 heterocycles. The Morgan fingerprint density at radius 2 is 2.04 bits per heavy atom. The second-order valence-electron chi connectivity index (χ2n) is 4.80. The van der Waals surface area contributed by atoms with Crippen LogP contribution in [0, 0.1) is 0 Å². The quantitative estimate of drug-likeness (QED) is 0.781. The van der Waals surface area contributed by atoms with Crippen molar-refractivity contribution in [3.05, 3.63) is 40.2 Å². The van der Waals surface area contributed by atoms with E-state index in [9.17, 15) is 4.79 Å². The second kappa shape index (κ2) is 7.06. The number of amides is 1. The summed E-state index contributed by atoms with van der Waals surface area (Å²) in [5.41, 5.74) is 0.854. The number of thioether (sulfide) groups is 1. The average molecular weight is 361 g/mol. The van der Waals surface area contributed by atoms with Crippen molar-refractivity contribution in [3.63, 3.8) is 0 Å². The fraction of sp³-hybridized carbons (Fsp3) is 0.188. The molecule has 0 bridgehead atoms. The highest BCUT2D eigenvalue weighted by atomic mass is 32.2. The lowest BCUT2D eigenvalue weighted by Crippen LogP contribution is -2.23. The van der Waals surface area contributed by atoms with Crippen molar-refractivity contribution in [1.29, 1.82) is 0 Å². The third-order valence-electron chi connectivity index (χ3n) is 3.32. The number of amidine groups is 1. The predicted molar refractivity (Wildman–Crippen MR) is 97.1 cm³/mol. The van der Waals surface area contributed by atoms with Crippen molar-refractivity contribution in [2.75, 3.05) is 21.3 Å². The lowest BCUT2D eigenvalue weighted by atomic mass is 10.2. The van der Waals surface area contributed by atoms with Crippen LogP contribution in [0.25, 0.3) is 6.08 Å². The Balaban J connectivity index is 1.89. The third kappa shape index (κ3) is 3.29. The fourth-order valence-corrected chi connectivity index (χ4v) is 3.63. The number of aliphatic imine (C=N–C) groups is 1. The highest BCUT2D eigenvalue weighted by Crippen LogP contribution is 2.35. The number of ether oxygens (including phenoxy) is 2. The molecule has 1 fully saturated rings. The topological polar surface area (TPSA) is 64.0 Å². The SMILES string of the molecule is COc1ccc(/C=C2\S/C(=N/c3nccs3)N(C)C2=O)cc1OC. The van der Waals surface area contributed by atoms with Gasteiger partial charge >= 0.3 is 0 Å². The molecular weight excluding hydrogens is 346 g/mol. The number of aromatic nitrogens is 1. The smallest absolute Gasteiger partial charge is 0.266 e. The first-order valence-electron chi connectivity index (χ1n) is 7.00. The van der Waals surface area contributed by atoms with Gasteiger partial charge < -0.3 is 9.47 Å². The molecule has 1 saturated heterocycles. The summed E-state index contributed by atoms with van der Waals surface area (Å²) < 4.78 is 10.5. The van der Waals surface area contributed by atoms with Gasteiger partial charge in [0.2, 0.25) is 5.13 Å². The summed E-state index contributed by atoms with van der Waals surface area (Å²) in [5.74, 6) is 1.17. The van der Waals surface area contributed by atoms with Crippen LogP contribution in [0.15, 0.2) is 39.7 Å². The van der Waals surface area contributed by atoms with E-state index in [2.05, 4.69) is 9.98 Å². The number of methoxy groups -OCH3 is 2. The number of rotatable bonds is 4. The molecule has 0 saturated carbocycles. The largest absolute Gasteiger partial charge is 0.493 e. The molecule has 0 radical (unpaired) electrons. The minimum absolute atomic E-state index is 0.0925. The maximum Gasteiger partial charge on any atom is 0.266 e. The van der Waals surface area contributed by atoms with E-state index in [-0.39, 0.29) is 5.91 Å². The van der Waals surface area contributed by atoms with E-state index in [4.69, 9.17) is 9.47 Å². The van der Waals surface area contributed by atoms with Gasteiger partial charge in [-0.25, -0.2) is 4.98 Å². The summed E-state index contributed by atoms with van der Waals surface area (Å²) >= 11 is 2.75. The van der Waals surface area contributed by atoms with Crippen LogP contribution in [0.1, 0.15) is 5.56 Å². The normalized spacial score (nSPS) is 17.8. The minimum Gasteiger partial charge on any atom is -0.493 e. The number of hydrogen-bond donors (Lipinski definition) is 0. The van der Waals surface area contributed by atoms with Gasteiger partial charge in [0.25, 0.3) is 5.91 Å². The molecule has 1 aliphatic rings. The number of thiazole rings is 1. The predicted octanol–water partition coefficient (Wildman–Crippen LogP) is 3.39. The highest BCUT2D eigenvalue weighted by Gasteiger charge is 2.30. The van der Waals surface area contributed by atoms with E-state index < -0.39 is 0 Å². The molecule has 1 aliphatic heterocycles. The van der Waals surface area contributed by atoms with Gasteiger partial charge in [-0.1, -0.05) is 6.07 Å². The Morgan fingerprint density at radius 1 is 1.25 bits per heavy atom. The van der Waals surface area contributed by atoms with E-state index in [1.54, 1.807) is 27.5 Å². The zero-order valence-electron chi connectivity index (χ0n) is 13.3. The Labute approximate surface area is 147 Å². The van der Waals surface area contributed by atoms with Crippen molar-refractivity contribution >= 4 is 45.4 Å². The summed E-state index contributed by atoms with van der Waals surface area (Å²) in [6.45, 7) is 0. The number of carbonyl (C=O) groups excluding carboxylic acids is 1. The van der Waals surface area contributed by atoms with Gasteiger partial charge in [-0.05, 0) is 35.5 Å². The highest BCUT2D eigenvalue weighted by molar-refractivity contribution is 8.18. The van der Waals surface area contributed by atoms with Crippen LogP contribution in [-0.4, -0.2) is 42.2 Å². The average Bonchev–Trinajstić information content (AvgIpc) is 3.20. The molecule has 2 aromatic rings. The van der Waals surface area contributed by atoms with Crippen LogP contribution in [0.5, 0.6) is 11.5 Å². The fourth-order valence-electron chi connectivity index (χ4n) is 2.10. The molecule has 0 atom stereocenters. The molecule has 3 rings (SSSR count). The van der Waals surface area contributed by atoms with E-state index in [1.807, 2.05) is 29.7 Å². The molecule has 1 aromatic carbocycles. The number of nitrogens with zero attached hydrogens (tertiary/aromatic N) is 3. The number of hydrogen-bond acceptors (Lipinski definition) is 7. The van der Waals surface area contributed by atoms with Crippen LogP contribution in [0.2, 0.25) is 0 Å². The van der Waals surface area contributed by atoms with Crippen molar-refractivity contribution in [2.45, 2.75) is 0 Å². The summed E-state index contributed by atoms with van der Waals surface area (Å²) in [6, 6.07) is 5.51. The van der Waals surface area contributed by atoms with Gasteiger partial charge in [0.05, 0.1) is 19.1 Å². The molecule has 0 unspecified atom stereocenters. The van der Waals surface area contributed by atoms with Crippen LogP contribution in [0.4, 0.5) is 5.13 Å². The van der Waals surface area contributed by atoms with Crippen LogP contribution in [-0.2, 0) is 4.79 Å². The Kier molecular flexibility index (Phi) is 4.86. The summed E-state index contributed by atoms with van der Waals surface area (Å²) in [7, 11) is 4.87. The molecular formula is C16H15N3O3S2. The number of likely N-dealkylation sites (N-methyl/N-ethyl adjacent to an activating group) is 1. The maximum absolute atomic E-state index is 12.4. The molecule has 0 aliphatic carbocycles. The lowest BCUT2D eigenvalue weighted by molar-refractivity contribution is -0.121. The van der Waals surface area contributed by atoms with Crippen LogP contribution >= 0.6 is 23.1 Å². The monoisotopic (exact) mass is 361 g/mol. The molecule has 6 nitrogen and oxygen atoms in total. The maximum atomic E-state index is 12.4. The Bertz CT molecular complexity index is 816. The van der Waals surface area contributed by atoms with Gasteiger partial charge in [-0.2, -0.15) is 4.99 Å². The molecule has 0 spiro atoms. The molecule has 8 heteroatoms. The zero-order chi connectivity index (χ0) is 17.1. The second-order valence-corrected chi connectivity index (χ2v) is 6.68. The summed E-state index contributed by atoms with van der Waals surface area (Å²) in [4.78, 5) is 23.1. The van der Waals surface area contributed by atoms with Crippen molar-refractivity contribution < 1.29 is 14.3 Å². The van der Waals surface area contributed by atoms with Gasteiger partial charge in [-0.15, -0.1) is 11.3 Å². The van der Waals surface area contributed by atoms with Crippen LogP contribution in [0.3, 0.4) is 0 Å². The summed E-state index contributed by atoms with van der Waals surface area (Å²) in [5, 5.41) is 3.09. The van der Waals surface area contributed by atoms with Gasteiger partial charge in [0.1, 0.15) is 0 Å². The number of carbonyl (C=O) groups is 1. The molecule has 24 heavy (non-hydrogen) atoms. The van der Waals surface area contributed by atoms with Crippen molar-refractivity contribution in [3.8, 4) is 11.5 Å². The molecule has 0 N–H and O–H groups in total.